The minimum absolute atomic E-state index is 0.106. The molecule has 2 N–H and O–H groups in total. The molecule has 0 bridgehead atoms. The van der Waals surface area contributed by atoms with Gasteiger partial charge < -0.3 is 24.7 Å². The van der Waals surface area contributed by atoms with Crippen molar-refractivity contribution < 1.29 is 19.1 Å². The Bertz CT molecular complexity index is 1480. The maximum atomic E-state index is 14.0. The van der Waals surface area contributed by atoms with Gasteiger partial charge in [-0.3, -0.25) is 14.6 Å². The fourth-order valence-corrected chi connectivity index (χ4v) is 5.60. The lowest BCUT2D eigenvalue weighted by Crippen LogP contribution is -2.66. The van der Waals surface area contributed by atoms with Crippen LogP contribution in [0.1, 0.15) is 28.4 Å². The molecule has 1 saturated heterocycles. The lowest BCUT2D eigenvalue weighted by molar-refractivity contribution is -0.152. The first-order valence-electron chi connectivity index (χ1n) is 11.7. The second kappa shape index (κ2) is 7.59. The number of nitrogens with zero attached hydrogens (tertiary/aromatic N) is 2. The van der Waals surface area contributed by atoms with Crippen LogP contribution in [-0.2, 0) is 22.4 Å². The number of piperazine rings is 1. The van der Waals surface area contributed by atoms with Crippen LogP contribution in [0, 0.1) is 0 Å². The standard InChI is InChI=1S/C27H22N4O4/c32-26-21-12-18-17-5-1-2-6-19(17)29-24(18)25(16-7-8-22-23(11-16)35-14-34-22)31(21)27(33)20(30-26)10-15-4-3-9-28-13-15/h1-9,11,13,20-21,25,29H,10,12,14H2,(H,30,32)/t20-,21+,25+/m0/s1. The van der Waals surface area contributed by atoms with Gasteiger partial charge in [-0.05, 0) is 41.0 Å². The first-order chi connectivity index (χ1) is 17.2. The highest BCUT2D eigenvalue weighted by atomic mass is 16.7. The van der Waals surface area contributed by atoms with Gasteiger partial charge in [0, 0.05) is 41.8 Å². The summed E-state index contributed by atoms with van der Waals surface area (Å²) in [5.74, 6) is 1.07. The van der Waals surface area contributed by atoms with Crippen LogP contribution in [0.2, 0.25) is 0 Å². The monoisotopic (exact) mass is 466 g/mol. The molecule has 3 atom stereocenters. The third kappa shape index (κ3) is 3.10. The molecule has 0 radical (unpaired) electrons. The van der Waals surface area contributed by atoms with Crippen molar-refractivity contribution in [1.29, 1.82) is 0 Å². The van der Waals surface area contributed by atoms with Crippen LogP contribution in [-0.4, -0.2) is 45.6 Å². The smallest absolute Gasteiger partial charge is 0.247 e. The molecule has 0 aliphatic carbocycles. The molecule has 1 fully saturated rings. The maximum Gasteiger partial charge on any atom is 0.247 e. The predicted molar refractivity (Wildman–Crippen MR) is 127 cm³/mol. The zero-order chi connectivity index (χ0) is 23.5. The summed E-state index contributed by atoms with van der Waals surface area (Å²) in [5, 5.41) is 4.06. The Labute approximate surface area is 200 Å². The average Bonchev–Trinajstić information content (AvgIpc) is 3.50. The summed E-state index contributed by atoms with van der Waals surface area (Å²) >= 11 is 0. The normalized spacial score (nSPS) is 22.6. The van der Waals surface area contributed by atoms with Crippen LogP contribution in [0.15, 0.2) is 67.0 Å². The lowest BCUT2D eigenvalue weighted by atomic mass is 9.85. The van der Waals surface area contributed by atoms with Crippen LogP contribution < -0.4 is 14.8 Å². The first kappa shape index (κ1) is 20.1. The number of para-hydroxylation sites is 1. The van der Waals surface area contributed by atoms with Crippen molar-refractivity contribution in [2.75, 3.05) is 6.79 Å². The van der Waals surface area contributed by atoms with Crippen molar-refractivity contribution in [3.63, 3.8) is 0 Å². The van der Waals surface area contributed by atoms with E-state index in [-0.39, 0.29) is 18.6 Å². The van der Waals surface area contributed by atoms with Crippen molar-refractivity contribution in [1.82, 2.24) is 20.2 Å². The average molecular weight is 466 g/mol. The Morgan fingerprint density at radius 3 is 2.80 bits per heavy atom. The van der Waals surface area contributed by atoms with Gasteiger partial charge in [0.15, 0.2) is 11.5 Å². The fraction of sp³-hybridized carbons (Fsp3) is 0.222. The topological polar surface area (TPSA) is 96.6 Å². The largest absolute Gasteiger partial charge is 0.454 e. The number of ether oxygens (including phenoxy) is 2. The number of fused-ring (bicyclic) bond motifs is 5. The highest BCUT2D eigenvalue weighted by molar-refractivity contribution is 5.99. The van der Waals surface area contributed by atoms with Crippen LogP contribution in [0.5, 0.6) is 11.5 Å². The molecule has 2 aromatic carbocycles. The van der Waals surface area contributed by atoms with Crippen LogP contribution in [0.25, 0.3) is 10.9 Å². The van der Waals surface area contributed by atoms with Gasteiger partial charge in [-0.2, -0.15) is 0 Å². The number of rotatable bonds is 3. The van der Waals surface area contributed by atoms with E-state index in [2.05, 4.69) is 21.4 Å². The van der Waals surface area contributed by atoms with Crippen LogP contribution in [0.4, 0.5) is 0 Å². The molecule has 8 nitrogen and oxygen atoms in total. The predicted octanol–water partition coefficient (Wildman–Crippen LogP) is 2.88. The molecule has 0 spiro atoms. The van der Waals surface area contributed by atoms with E-state index in [4.69, 9.17) is 9.47 Å². The van der Waals surface area contributed by atoms with Crippen molar-refractivity contribution in [2.24, 2.45) is 0 Å². The summed E-state index contributed by atoms with van der Waals surface area (Å²) in [6, 6.07) is 15.8. The van der Waals surface area contributed by atoms with Crippen LogP contribution in [0.3, 0.4) is 0 Å². The summed E-state index contributed by atoms with van der Waals surface area (Å²) in [6.07, 6.45) is 4.26. The third-order valence-electron chi connectivity index (χ3n) is 7.18. The van der Waals surface area contributed by atoms with Gasteiger partial charge in [-0.15, -0.1) is 0 Å². The molecule has 4 aromatic rings. The van der Waals surface area contributed by atoms with Gasteiger partial charge in [0.1, 0.15) is 12.1 Å². The maximum absolute atomic E-state index is 14.0. The quantitative estimate of drug-likeness (QED) is 0.484. The van der Waals surface area contributed by atoms with E-state index in [1.165, 1.54) is 0 Å². The van der Waals surface area contributed by atoms with E-state index in [0.29, 0.717) is 24.3 Å². The van der Waals surface area contributed by atoms with Gasteiger partial charge >= 0.3 is 0 Å². The van der Waals surface area contributed by atoms with E-state index in [0.717, 1.165) is 33.3 Å². The summed E-state index contributed by atoms with van der Waals surface area (Å²) < 4.78 is 11.1. The number of pyridine rings is 1. The second-order valence-electron chi connectivity index (χ2n) is 9.17. The van der Waals surface area contributed by atoms with E-state index < -0.39 is 18.1 Å². The number of H-pyrrole nitrogens is 1. The lowest BCUT2D eigenvalue weighted by Gasteiger charge is -2.46. The summed E-state index contributed by atoms with van der Waals surface area (Å²) in [4.78, 5) is 36.9. The Balaban J connectivity index is 1.37. The van der Waals surface area contributed by atoms with Crippen molar-refractivity contribution in [3.8, 4) is 11.5 Å². The summed E-state index contributed by atoms with van der Waals surface area (Å²) in [7, 11) is 0. The molecule has 2 aromatic heterocycles. The number of benzene rings is 2. The van der Waals surface area contributed by atoms with Crippen molar-refractivity contribution in [2.45, 2.75) is 31.0 Å². The van der Waals surface area contributed by atoms with Gasteiger partial charge in [-0.25, -0.2) is 0 Å². The van der Waals surface area contributed by atoms with Crippen molar-refractivity contribution >= 4 is 22.7 Å². The van der Waals surface area contributed by atoms with E-state index >= 15 is 0 Å². The van der Waals surface area contributed by atoms with Gasteiger partial charge in [0.25, 0.3) is 0 Å². The fourth-order valence-electron chi connectivity index (χ4n) is 5.60. The zero-order valence-electron chi connectivity index (χ0n) is 18.7. The molecular weight excluding hydrogens is 444 g/mol. The molecular formula is C27H22N4O4. The number of carbonyl (C=O) groups is 2. The number of hydrogen-bond acceptors (Lipinski definition) is 5. The molecule has 2 amide bonds. The minimum atomic E-state index is -0.662. The van der Waals surface area contributed by atoms with Gasteiger partial charge in [-0.1, -0.05) is 30.3 Å². The molecule has 5 heterocycles. The van der Waals surface area contributed by atoms with Gasteiger partial charge in [0.05, 0.1) is 6.04 Å². The first-order valence-corrected chi connectivity index (χ1v) is 11.7. The number of carbonyl (C=O) groups excluding carboxylic acids is 2. The Morgan fingerprint density at radius 1 is 1.03 bits per heavy atom. The Hall–Kier alpha value is -4.33. The molecule has 35 heavy (non-hydrogen) atoms. The number of amides is 2. The third-order valence-corrected chi connectivity index (χ3v) is 7.18. The number of aromatic amines is 1. The number of hydrogen-bond donors (Lipinski definition) is 2. The zero-order valence-corrected chi connectivity index (χ0v) is 18.7. The molecule has 3 aliphatic heterocycles. The molecule has 0 saturated carbocycles. The second-order valence-corrected chi connectivity index (χ2v) is 9.17. The van der Waals surface area contributed by atoms with E-state index in [9.17, 15) is 9.59 Å². The molecule has 7 rings (SSSR count). The molecule has 3 aliphatic rings. The highest BCUT2D eigenvalue weighted by Gasteiger charge is 2.49. The summed E-state index contributed by atoms with van der Waals surface area (Å²) in [6.45, 7) is 0.169. The summed E-state index contributed by atoms with van der Waals surface area (Å²) in [5.41, 5.74) is 4.76. The molecule has 174 valence electrons. The minimum Gasteiger partial charge on any atom is -0.454 e. The SMILES string of the molecule is O=C1N[C@@H](Cc2cccnc2)C(=O)N2[C@H](c3ccc4c(c3)OCO4)c3[nH]c4ccccc4c3C[C@H]12. The molecule has 0 unspecified atom stereocenters. The van der Waals surface area contributed by atoms with E-state index in [1.807, 2.05) is 48.5 Å². The van der Waals surface area contributed by atoms with Gasteiger partial charge in [0.2, 0.25) is 18.6 Å². The van der Waals surface area contributed by atoms with Crippen LogP contribution >= 0.6 is 0 Å². The molecule has 8 heteroatoms. The highest BCUT2D eigenvalue weighted by Crippen LogP contribution is 2.44. The Morgan fingerprint density at radius 2 is 1.91 bits per heavy atom. The van der Waals surface area contributed by atoms with E-state index in [1.54, 1.807) is 17.3 Å². The Kier molecular flexibility index (Phi) is 4.36. The number of aromatic nitrogens is 2. The van der Waals surface area contributed by atoms with Crippen molar-refractivity contribution in [3.05, 3.63) is 89.4 Å². The number of nitrogens with one attached hydrogen (secondary N) is 2.